The van der Waals surface area contributed by atoms with E-state index in [1.165, 1.54) is 10.6 Å². The summed E-state index contributed by atoms with van der Waals surface area (Å²) in [7, 11) is 0. The van der Waals surface area contributed by atoms with Crippen molar-refractivity contribution in [2.75, 3.05) is 0 Å². The largest absolute Gasteiger partial charge is 0.447 e. The molecule has 0 amide bonds. The molecule has 0 N–H and O–H groups in total. The van der Waals surface area contributed by atoms with E-state index in [0.717, 1.165) is 0 Å². The predicted octanol–water partition coefficient (Wildman–Crippen LogP) is -0.427. The van der Waals surface area contributed by atoms with Crippen LogP contribution in [0, 0.1) is 0 Å². The topological polar surface area (TPSA) is 80.4 Å². The monoisotopic (exact) mass is 292 g/mol. The van der Waals surface area contributed by atoms with Crippen LogP contribution >= 0.6 is 12.2 Å². The molecule has 3 aliphatic heterocycles. The quantitative estimate of drug-likeness (QED) is 0.610. The Balaban J connectivity index is 1.82. The number of pyridine rings is 1. The van der Waals surface area contributed by atoms with E-state index in [1.54, 1.807) is 10.7 Å². The highest BCUT2D eigenvalue weighted by Gasteiger charge is 2.55. The normalized spacial score (nSPS) is 33.7. The molecule has 2 bridgehead atoms. The van der Waals surface area contributed by atoms with E-state index in [0.29, 0.717) is 17.7 Å². The van der Waals surface area contributed by atoms with E-state index in [9.17, 15) is 4.79 Å². The summed E-state index contributed by atoms with van der Waals surface area (Å²) >= 11 is 4.95. The number of fused-ring (bicyclic) bond motifs is 6. The Bertz CT molecular complexity index is 814. The molecule has 0 saturated carbocycles. The van der Waals surface area contributed by atoms with Gasteiger partial charge in [-0.15, -0.1) is 5.10 Å². The van der Waals surface area contributed by atoms with Crippen molar-refractivity contribution in [3.8, 4) is 0 Å². The number of aromatic nitrogens is 4. The SMILES string of the molecule is O=c1ccc2nnn3c2n1[C@H]1O[C@@H](C3)C2OC(=S)OC21. The highest BCUT2D eigenvalue weighted by Crippen LogP contribution is 2.40. The molecule has 0 aliphatic carbocycles. The van der Waals surface area contributed by atoms with Crippen LogP contribution in [-0.4, -0.2) is 43.1 Å². The number of hydrogen-bond donors (Lipinski definition) is 0. The zero-order chi connectivity index (χ0) is 13.4. The van der Waals surface area contributed by atoms with Gasteiger partial charge in [0, 0.05) is 18.3 Å². The lowest BCUT2D eigenvalue weighted by Crippen LogP contribution is -2.36. The lowest BCUT2D eigenvalue weighted by molar-refractivity contribution is -0.0431. The summed E-state index contributed by atoms with van der Waals surface area (Å²) in [6.07, 6.45) is -1.55. The second-order valence-electron chi connectivity index (χ2n) is 5.00. The first kappa shape index (κ1) is 10.7. The van der Waals surface area contributed by atoms with Crippen molar-refractivity contribution >= 4 is 28.6 Å². The van der Waals surface area contributed by atoms with Crippen molar-refractivity contribution in [3.05, 3.63) is 22.5 Å². The van der Waals surface area contributed by atoms with E-state index in [-0.39, 0.29) is 23.0 Å². The first-order valence-electron chi connectivity index (χ1n) is 6.20. The molecule has 4 atom stereocenters. The minimum absolute atomic E-state index is 0.108. The lowest BCUT2D eigenvalue weighted by atomic mass is 10.1. The van der Waals surface area contributed by atoms with Crippen LogP contribution in [0.15, 0.2) is 16.9 Å². The van der Waals surface area contributed by atoms with Crippen LogP contribution in [0.3, 0.4) is 0 Å². The Morgan fingerprint density at radius 2 is 2.15 bits per heavy atom. The fraction of sp³-hybridized carbons (Fsp3) is 0.455. The maximum absolute atomic E-state index is 12.2. The fourth-order valence-electron chi connectivity index (χ4n) is 3.13. The van der Waals surface area contributed by atoms with Gasteiger partial charge in [0.05, 0.1) is 6.54 Å². The van der Waals surface area contributed by atoms with Crippen molar-refractivity contribution in [3.63, 3.8) is 0 Å². The van der Waals surface area contributed by atoms with Gasteiger partial charge in [-0.25, -0.2) is 4.68 Å². The molecule has 0 spiro atoms. The highest BCUT2D eigenvalue weighted by molar-refractivity contribution is 7.79. The van der Waals surface area contributed by atoms with E-state index in [2.05, 4.69) is 10.3 Å². The summed E-state index contributed by atoms with van der Waals surface area (Å²) in [6, 6.07) is 3.11. The Hall–Kier alpha value is -2.00. The molecule has 20 heavy (non-hydrogen) atoms. The number of hydrogen-bond acceptors (Lipinski definition) is 7. The minimum atomic E-state index is -0.568. The summed E-state index contributed by atoms with van der Waals surface area (Å²) in [5, 5.41) is 8.25. The number of rotatable bonds is 0. The molecule has 5 heterocycles. The van der Waals surface area contributed by atoms with Crippen molar-refractivity contribution in [2.24, 2.45) is 0 Å². The van der Waals surface area contributed by atoms with Gasteiger partial charge in [-0.1, -0.05) is 5.21 Å². The Labute approximate surface area is 116 Å². The molecule has 2 aromatic rings. The summed E-state index contributed by atoms with van der Waals surface area (Å²) in [5.41, 5.74) is 1.11. The van der Waals surface area contributed by atoms with Gasteiger partial charge in [0.25, 0.3) is 5.56 Å². The molecule has 2 aromatic heterocycles. The molecular weight excluding hydrogens is 284 g/mol. The van der Waals surface area contributed by atoms with Crippen LogP contribution in [0.4, 0.5) is 0 Å². The van der Waals surface area contributed by atoms with Crippen LogP contribution in [0.25, 0.3) is 11.2 Å². The zero-order valence-electron chi connectivity index (χ0n) is 10.0. The molecule has 5 rings (SSSR count). The van der Waals surface area contributed by atoms with Crippen LogP contribution in [0.1, 0.15) is 6.23 Å². The first-order chi connectivity index (χ1) is 9.72. The minimum Gasteiger partial charge on any atom is -0.447 e. The molecule has 2 saturated heterocycles. The number of nitrogens with zero attached hydrogens (tertiary/aromatic N) is 4. The number of thiocarbonyl (C=S) groups is 1. The molecular formula is C11H8N4O4S. The number of ether oxygens (including phenoxy) is 3. The molecule has 3 aliphatic rings. The maximum Gasteiger partial charge on any atom is 0.353 e. The van der Waals surface area contributed by atoms with Crippen LogP contribution in [0.2, 0.25) is 0 Å². The standard InChI is InChI=1S/C11H8N4O4S/c16-6-2-1-4-9-14(13-12-4)3-5-7-8(19-11(20)18-7)10(17-5)15(6)9/h1-2,5,7-8,10H,3H2/t5-,7?,8?,10-/m0/s1. The average Bonchev–Trinajstić information content (AvgIpc) is 3.02. The molecule has 2 fully saturated rings. The van der Waals surface area contributed by atoms with Gasteiger partial charge in [0.2, 0.25) is 0 Å². The molecule has 0 aromatic carbocycles. The van der Waals surface area contributed by atoms with Crippen LogP contribution in [-0.2, 0) is 20.8 Å². The van der Waals surface area contributed by atoms with Crippen molar-refractivity contribution in [1.82, 2.24) is 19.6 Å². The Morgan fingerprint density at radius 3 is 3.05 bits per heavy atom. The van der Waals surface area contributed by atoms with E-state index in [4.69, 9.17) is 26.4 Å². The zero-order valence-corrected chi connectivity index (χ0v) is 10.8. The highest BCUT2D eigenvalue weighted by atomic mass is 32.1. The summed E-state index contributed by atoms with van der Waals surface area (Å²) in [5.74, 6) is 0. The van der Waals surface area contributed by atoms with Crippen molar-refractivity contribution < 1.29 is 14.2 Å². The second-order valence-corrected chi connectivity index (χ2v) is 5.34. The molecule has 2 unspecified atom stereocenters. The van der Waals surface area contributed by atoms with Crippen molar-refractivity contribution in [1.29, 1.82) is 0 Å². The average molecular weight is 292 g/mol. The van der Waals surface area contributed by atoms with Gasteiger partial charge in [0.15, 0.2) is 24.1 Å². The molecule has 8 nitrogen and oxygen atoms in total. The van der Waals surface area contributed by atoms with Crippen LogP contribution in [0.5, 0.6) is 0 Å². The van der Waals surface area contributed by atoms with Gasteiger partial charge < -0.3 is 14.2 Å². The fourth-order valence-corrected chi connectivity index (χ4v) is 3.35. The third kappa shape index (κ3) is 1.15. The predicted molar refractivity (Wildman–Crippen MR) is 68.0 cm³/mol. The van der Waals surface area contributed by atoms with Gasteiger partial charge in [-0.05, 0) is 6.07 Å². The van der Waals surface area contributed by atoms with E-state index >= 15 is 0 Å². The van der Waals surface area contributed by atoms with Gasteiger partial charge >= 0.3 is 5.24 Å². The summed E-state index contributed by atoms with van der Waals surface area (Å²) in [6.45, 7) is 0.448. The smallest absolute Gasteiger partial charge is 0.353 e. The summed E-state index contributed by atoms with van der Waals surface area (Å²) in [4.78, 5) is 12.2. The molecule has 0 radical (unpaired) electrons. The second kappa shape index (κ2) is 3.36. The van der Waals surface area contributed by atoms with E-state index < -0.39 is 12.3 Å². The Morgan fingerprint density at radius 1 is 1.30 bits per heavy atom. The summed E-state index contributed by atoms with van der Waals surface area (Å²) < 4.78 is 20.1. The molecule has 9 heteroatoms. The third-order valence-electron chi connectivity index (χ3n) is 3.94. The van der Waals surface area contributed by atoms with Gasteiger partial charge in [-0.2, -0.15) is 0 Å². The Kier molecular flexibility index (Phi) is 1.80. The first-order valence-corrected chi connectivity index (χ1v) is 6.61. The third-order valence-corrected chi connectivity index (χ3v) is 4.13. The van der Waals surface area contributed by atoms with Crippen LogP contribution < -0.4 is 5.56 Å². The lowest BCUT2D eigenvalue weighted by Gasteiger charge is -2.18. The van der Waals surface area contributed by atoms with Crippen molar-refractivity contribution in [2.45, 2.75) is 31.1 Å². The maximum atomic E-state index is 12.2. The van der Waals surface area contributed by atoms with Gasteiger partial charge in [0.1, 0.15) is 11.6 Å². The van der Waals surface area contributed by atoms with E-state index in [1.807, 2.05) is 0 Å². The molecule has 102 valence electrons. The van der Waals surface area contributed by atoms with Gasteiger partial charge in [-0.3, -0.25) is 9.36 Å².